The van der Waals surface area contributed by atoms with Gasteiger partial charge in [0, 0.05) is 4.88 Å². The molecule has 14 heavy (non-hydrogen) atoms. The Morgan fingerprint density at radius 1 is 1.29 bits per heavy atom. The molecule has 0 aromatic carbocycles. The van der Waals surface area contributed by atoms with E-state index < -0.39 is 0 Å². The number of carbonyl (C=O) groups is 1. The molecule has 2 aromatic heterocycles. The minimum atomic E-state index is 0.388. The molecule has 0 N–H and O–H groups in total. The largest absolute Gasteiger partial charge is 0.297 e. The number of thiazole rings is 1. The van der Waals surface area contributed by atoms with Crippen molar-refractivity contribution in [3.63, 3.8) is 0 Å². The Balaban J connectivity index is 2.48. The topological polar surface area (TPSA) is 30.0 Å². The Morgan fingerprint density at radius 2 is 2.07 bits per heavy atom. The second-order valence-electron chi connectivity index (χ2n) is 2.41. The second-order valence-corrected chi connectivity index (χ2v) is 5.46. The molecule has 0 aliphatic heterocycles. The summed E-state index contributed by atoms with van der Waals surface area (Å²) >= 11 is 14.3. The lowest BCUT2D eigenvalue weighted by molar-refractivity contribution is 0.112. The molecule has 0 aliphatic rings. The fourth-order valence-corrected chi connectivity index (χ4v) is 3.35. The zero-order chi connectivity index (χ0) is 10.1. The van der Waals surface area contributed by atoms with Gasteiger partial charge in [0.05, 0.1) is 9.75 Å². The summed E-state index contributed by atoms with van der Waals surface area (Å²) in [6.07, 6.45) is 0.810. The van der Waals surface area contributed by atoms with Gasteiger partial charge >= 0.3 is 0 Å². The van der Waals surface area contributed by atoms with Crippen molar-refractivity contribution in [2.45, 2.75) is 0 Å². The van der Waals surface area contributed by atoms with Crippen molar-refractivity contribution in [1.82, 2.24) is 4.98 Å². The van der Waals surface area contributed by atoms with Gasteiger partial charge in [-0.2, -0.15) is 0 Å². The number of thiophene rings is 1. The molecule has 0 fully saturated rings. The Bertz CT molecular complexity index is 477. The maximum Gasteiger partial charge on any atom is 0.185 e. The highest BCUT2D eigenvalue weighted by Crippen LogP contribution is 2.38. The first-order valence-electron chi connectivity index (χ1n) is 3.58. The van der Waals surface area contributed by atoms with E-state index in [4.69, 9.17) is 23.2 Å². The van der Waals surface area contributed by atoms with Crippen molar-refractivity contribution < 1.29 is 4.79 Å². The summed E-state index contributed by atoms with van der Waals surface area (Å²) < 4.78 is 0.408. The number of aromatic nitrogens is 1. The first kappa shape index (κ1) is 10.1. The van der Waals surface area contributed by atoms with Crippen molar-refractivity contribution in [1.29, 1.82) is 0 Å². The summed E-state index contributed by atoms with van der Waals surface area (Å²) in [5.74, 6) is 0. The molecule has 0 saturated carbocycles. The number of carbonyl (C=O) groups excluding carboxylic acids is 1. The van der Waals surface area contributed by atoms with Crippen molar-refractivity contribution >= 4 is 52.2 Å². The molecule has 6 heteroatoms. The Hall–Kier alpha value is -0.420. The van der Waals surface area contributed by atoms with E-state index in [-0.39, 0.29) is 0 Å². The van der Waals surface area contributed by atoms with Gasteiger partial charge < -0.3 is 0 Å². The van der Waals surface area contributed by atoms with Gasteiger partial charge in [0.2, 0.25) is 0 Å². The lowest BCUT2D eigenvalue weighted by Crippen LogP contribution is -1.65. The average Bonchev–Trinajstić information content (AvgIpc) is 2.71. The lowest BCUT2D eigenvalue weighted by Gasteiger charge is -1.88. The lowest BCUT2D eigenvalue weighted by atomic mass is 10.4. The van der Waals surface area contributed by atoms with Crippen molar-refractivity contribution in [3.05, 3.63) is 26.6 Å². The Morgan fingerprint density at radius 3 is 2.57 bits per heavy atom. The molecule has 72 valence electrons. The third kappa shape index (κ3) is 1.83. The van der Waals surface area contributed by atoms with Crippen LogP contribution in [0.2, 0.25) is 9.62 Å². The molecule has 0 aliphatic carbocycles. The normalized spacial score (nSPS) is 10.4. The molecule has 2 aromatic rings. The van der Waals surface area contributed by atoms with Crippen molar-refractivity contribution in [3.8, 4) is 9.75 Å². The molecular weight excluding hydrogens is 261 g/mol. The minimum absolute atomic E-state index is 0.388. The average molecular weight is 264 g/mol. The molecule has 0 radical (unpaired) electrons. The van der Waals surface area contributed by atoms with E-state index in [9.17, 15) is 4.79 Å². The monoisotopic (exact) mass is 263 g/mol. The summed E-state index contributed by atoms with van der Waals surface area (Å²) in [5.41, 5.74) is 0. The summed E-state index contributed by atoms with van der Waals surface area (Å²) in [4.78, 5) is 16.8. The number of hydrogen-bond acceptors (Lipinski definition) is 4. The number of aldehydes is 1. The van der Waals surface area contributed by atoms with Crippen LogP contribution in [0.25, 0.3) is 9.75 Å². The van der Waals surface area contributed by atoms with E-state index in [1.165, 1.54) is 22.7 Å². The summed E-state index contributed by atoms with van der Waals surface area (Å²) in [5, 5.41) is 0.388. The maximum absolute atomic E-state index is 10.5. The van der Waals surface area contributed by atoms with Crippen LogP contribution in [-0.2, 0) is 0 Å². The first-order valence-corrected chi connectivity index (χ1v) is 5.97. The van der Waals surface area contributed by atoms with Gasteiger partial charge in [-0.05, 0) is 12.1 Å². The predicted octanol–water partition coefficient (Wildman–Crippen LogP) is 3.99. The zero-order valence-corrected chi connectivity index (χ0v) is 9.80. The zero-order valence-electron chi connectivity index (χ0n) is 6.66. The highest BCUT2D eigenvalue weighted by molar-refractivity contribution is 7.24. The summed E-state index contributed by atoms with van der Waals surface area (Å²) in [7, 11) is 0. The van der Waals surface area contributed by atoms with Gasteiger partial charge in [-0.1, -0.05) is 34.5 Å². The molecule has 0 saturated heterocycles. The molecule has 0 spiro atoms. The fraction of sp³-hybridized carbons (Fsp3) is 0. The molecule has 0 unspecified atom stereocenters. The molecule has 0 bridgehead atoms. The van der Waals surface area contributed by atoms with Gasteiger partial charge in [0.15, 0.2) is 10.8 Å². The third-order valence-corrected chi connectivity index (χ3v) is 4.26. The van der Waals surface area contributed by atoms with E-state index in [1.807, 2.05) is 6.07 Å². The number of rotatable bonds is 2. The van der Waals surface area contributed by atoms with Gasteiger partial charge in [-0.15, -0.1) is 11.3 Å². The Labute approximate surface area is 98.1 Å². The van der Waals surface area contributed by atoms with E-state index in [0.717, 1.165) is 16.0 Å². The van der Waals surface area contributed by atoms with Crippen LogP contribution in [0.4, 0.5) is 0 Å². The quantitative estimate of drug-likeness (QED) is 0.767. The molecule has 2 rings (SSSR count). The highest BCUT2D eigenvalue weighted by Gasteiger charge is 2.12. The van der Waals surface area contributed by atoms with Crippen LogP contribution in [-0.4, -0.2) is 11.3 Å². The number of hydrogen-bond donors (Lipinski definition) is 0. The first-order chi connectivity index (χ1) is 6.70. The molecule has 2 nitrogen and oxygen atoms in total. The van der Waals surface area contributed by atoms with E-state index in [0.29, 0.717) is 14.5 Å². The van der Waals surface area contributed by atoms with Crippen molar-refractivity contribution in [2.75, 3.05) is 0 Å². The van der Waals surface area contributed by atoms with Crippen LogP contribution in [0.3, 0.4) is 0 Å². The van der Waals surface area contributed by atoms with E-state index in [2.05, 4.69) is 4.98 Å². The summed E-state index contributed by atoms with van der Waals surface area (Å²) in [6, 6.07) is 3.58. The molecule has 0 amide bonds. The molecule has 2 heterocycles. The van der Waals surface area contributed by atoms with Crippen LogP contribution in [0.15, 0.2) is 12.1 Å². The van der Waals surface area contributed by atoms with Crippen LogP contribution >= 0.6 is 45.9 Å². The molecular formula is C8H3Cl2NOS2. The number of nitrogens with zero attached hydrogens (tertiary/aromatic N) is 1. The van der Waals surface area contributed by atoms with Crippen LogP contribution < -0.4 is 0 Å². The van der Waals surface area contributed by atoms with Gasteiger partial charge in [-0.25, -0.2) is 4.98 Å². The Kier molecular flexibility index (Phi) is 2.88. The predicted molar refractivity (Wildman–Crippen MR) is 60.8 cm³/mol. The minimum Gasteiger partial charge on any atom is -0.297 e. The summed E-state index contributed by atoms with van der Waals surface area (Å²) in [6.45, 7) is 0. The van der Waals surface area contributed by atoms with E-state index >= 15 is 0 Å². The van der Waals surface area contributed by atoms with Crippen molar-refractivity contribution in [2.24, 2.45) is 0 Å². The number of halogens is 2. The highest BCUT2D eigenvalue weighted by atomic mass is 35.5. The fourth-order valence-electron chi connectivity index (χ4n) is 0.967. The van der Waals surface area contributed by atoms with Gasteiger partial charge in [-0.3, -0.25) is 4.79 Å². The SMILES string of the molecule is O=Cc1ccc(-c2sc(Cl)nc2Cl)s1. The van der Waals surface area contributed by atoms with Gasteiger partial charge in [0.25, 0.3) is 0 Å². The maximum atomic E-state index is 10.5. The van der Waals surface area contributed by atoms with Crippen LogP contribution in [0.1, 0.15) is 9.67 Å². The molecule has 0 atom stereocenters. The second kappa shape index (κ2) is 3.98. The smallest absolute Gasteiger partial charge is 0.185 e. The standard InChI is InChI=1S/C8H3Cl2NOS2/c9-7-6(14-8(10)11-7)5-2-1-4(3-12)13-5/h1-3H. The van der Waals surface area contributed by atoms with Gasteiger partial charge in [0.1, 0.15) is 5.15 Å². The van der Waals surface area contributed by atoms with Crippen LogP contribution in [0.5, 0.6) is 0 Å². The third-order valence-electron chi connectivity index (χ3n) is 1.53. The van der Waals surface area contributed by atoms with Crippen LogP contribution in [0, 0.1) is 0 Å². The van der Waals surface area contributed by atoms with E-state index in [1.54, 1.807) is 6.07 Å².